The van der Waals surface area contributed by atoms with E-state index in [1.165, 1.54) is 0 Å². The molecule has 116 valence electrons. The lowest BCUT2D eigenvalue weighted by Gasteiger charge is -2.25. The zero-order chi connectivity index (χ0) is 15.5. The Hall–Kier alpha value is -2.30. The molecule has 5 heteroatoms. The van der Waals surface area contributed by atoms with Crippen LogP contribution in [0.5, 0.6) is 5.75 Å². The predicted molar refractivity (Wildman–Crippen MR) is 81.7 cm³/mol. The Morgan fingerprint density at radius 1 is 1.36 bits per heavy atom. The zero-order valence-electron chi connectivity index (χ0n) is 13.0. The highest BCUT2D eigenvalue weighted by atomic mass is 16.5. The van der Waals surface area contributed by atoms with Gasteiger partial charge in [-0.1, -0.05) is 17.3 Å². The Balaban J connectivity index is 1.63. The summed E-state index contributed by atoms with van der Waals surface area (Å²) in [5.74, 6) is 1.77. The summed E-state index contributed by atoms with van der Waals surface area (Å²) in [6.07, 6.45) is 1.22. The van der Waals surface area contributed by atoms with Crippen molar-refractivity contribution in [3.05, 3.63) is 46.8 Å². The molecule has 0 N–H and O–H groups in total. The largest absolute Gasteiger partial charge is 0.494 e. The van der Waals surface area contributed by atoms with Crippen LogP contribution in [0.15, 0.2) is 28.8 Å². The van der Waals surface area contributed by atoms with Crippen LogP contribution >= 0.6 is 0 Å². The van der Waals surface area contributed by atoms with Crippen LogP contribution in [0.4, 0.5) is 0 Å². The molecule has 1 aromatic carbocycles. The lowest BCUT2D eigenvalue weighted by Crippen LogP contribution is -2.36. The summed E-state index contributed by atoms with van der Waals surface area (Å²) in [5, 5.41) is 3.98. The van der Waals surface area contributed by atoms with Crippen molar-refractivity contribution in [1.82, 2.24) is 10.1 Å². The topological polar surface area (TPSA) is 55.6 Å². The van der Waals surface area contributed by atoms with E-state index in [4.69, 9.17) is 9.26 Å². The number of ether oxygens (including phenoxy) is 1. The second-order valence-corrected chi connectivity index (χ2v) is 5.49. The van der Waals surface area contributed by atoms with Crippen molar-refractivity contribution in [2.24, 2.45) is 0 Å². The zero-order valence-corrected chi connectivity index (χ0v) is 13.0. The highest BCUT2D eigenvalue weighted by Gasteiger charge is 2.25. The number of nitrogens with zero attached hydrogens (tertiary/aromatic N) is 2. The van der Waals surface area contributed by atoms with E-state index in [0.29, 0.717) is 19.6 Å². The van der Waals surface area contributed by atoms with E-state index in [9.17, 15) is 4.79 Å². The fourth-order valence-electron chi connectivity index (χ4n) is 2.75. The van der Waals surface area contributed by atoms with Crippen molar-refractivity contribution in [3.63, 3.8) is 0 Å². The number of hydrogen-bond acceptors (Lipinski definition) is 4. The maximum absolute atomic E-state index is 12.4. The lowest BCUT2D eigenvalue weighted by molar-refractivity contribution is -0.131. The van der Waals surface area contributed by atoms with Gasteiger partial charge in [0.25, 0.3) is 0 Å². The van der Waals surface area contributed by atoms with Gasteiger partial charge in [0.15, 0.2) is 5.76 Å². The molecule has 0 saturated carbocycles. The van der Waals surface area contributed by atoms with Crippen LogP contribution in [0.25, 0.3) is 0 Å². The minimum Gasteiger partial charge on any atom is -0.494 e. The van der Waals surface area contributed by atoms with Gasteiger partial charge in [-0.3, -0.25) is 4.79 Å². The Labute approximate surface area is 129 Å². The lowest BCUT2D eigenvalue weighted by atomic mass is 10.0. The number of fused-ring (bicyclic) bond motifs is 1. The van der Waals surface area contributed by atoms with E-state index in [0.717, 1.165) is 41.3 Å². The number of hydrogen-bond donors (Lipinski definition) is 0. The Kier molecular flexibility index (Phi) is 4.13. The number of aromatic nitrogens is 1. The minimum atomic E-state index is 0.115. The maximum Gasteiger partial charge on any atom is 0.227 e. The Bertz CT molecular complexity index is 661. The fourth-order valence-corrected chi connectivity index (χ4v) is 2.75. The van der Waals surface area contributed by atoms with E-state index in [-0.39, 0.29) is 5.91 Å². The van der Waals surface area contributed by atoms with Gasteiger partial charge in [-0.05, 0) is 38.0 Å². The van der Waals surface area contributed by atoms with E-state index in [2.05, 4.69) is 5.16 Å². The molecule has 0 saturated heterocycles. The summed E-state index contributed by atoms with van der Waals surface area (Å²) in [5.41, 5.74) is 3.09. The Morgan fingerprint density at radius 3 is 2.86 bits per heavy atom. The van der Waals surface area contributed by atoms with Crippen LogP contribution in [-0.4, -0.2) is 29.1 Å². The summed E-state index contributed by atoms with van der Waals surface area (Å²) in [7, 11) is 0. The molecule has 0 fully saturated rings. The normalized spacial score (nSPS) is 13.8. The van der Waals surface area contributed by atoms with Crippen LogP contribution in [0.1, 0.15) is 29.5 Å². The third-order valence-electron chi connectivity index (χ3n) is 3.97. The van der Waals surface area contributed by atoms with E-state index < -0.39 is 0 Å². The molecule has 0 radical (unpaired) electrons. The number of carbonyl (C=O) groups excluding carboxylic acids is 1. The molecule has 2 heterocycles. The van der Waals surface area contributed by atoms with Crippen molar-refractivity contribution in [1.29, 1.82) is 0 Å². The van der Waals surface area contributed by atoms with Crippen LogP contribution in [0.3, 0.4) is 0 Å². The first-order valence-corrected chi connectivity index (χ1v) is 7.61. The smallest absolute Gasteiger partial charge is 0.227 e. The Morgan fingerprint density at radius 2 is 2.14 bits per heavy atom. The molecule has 0 spiro atoms. The van der Waals surface area contributed by atoms with Crippen LogP contribution in [0.2, 0.25) is 0 Å². The highest BCUT2D eigenvalue weighted by Crippen LogP contribution is 2.22. The molecular formula is C17H20N2O3. The first-order chi connectivity index (χ1) is 10.7. The van der Waals surface area contributed by atoms with Crippen molar-refractivity contribution >= 4 is 5.91 Å². The quantitative estimate of drug-likeness (QED) is 0.870. The van der Waals surface area contributed by atoms with E-state index >= 15 is 0 Å². The summed E-state index contributed by atoms with van der Waals surface area (Å²) in [4.78, 5) is 14.3. The van der Waals surface area contributed by atoms with Gasteiger partial charge < -0.3 is 14.2 Å². The van der Waals surface area contributed by atoms with Gasteiger partial charge in [0, 0.05) is 12.1 Å². The van der Waals surface area contributed by atoms with E-state index in [1.54, 1.807) is 0 Å². The molecule has 1 aliphatic rings. The number of carbonyl (C=O) groups is 1. The molecule has 0 bridgehead atoms. The monoisotopic (exact) mass is 300 g/mol. The van der Waals surface area contributed by atoms with Crippen molar-refractivity contribution in [2.75, 3.05) is 13.2 Å². The average molecular weight is 300 g/mol. The van der Waals surface area contributed by atoms with Crippen LogP contribution in [0, 0.1) is 6.92 Å². The van der Waals surface area contributed by atoms with E-state index in [1.807, 2.05) is 43.0 Å². The molecular weight excluding hydrogens is 280 g/mol. The summed E-state index contributed by atoms with van der Waals surface area (Å²) < 4.78 is 10.7. The van der Waals surface area contributed by atoms with Gasteiger partial charge in [0.1, 0.15) is 5.75 Å². The van der Waals surface area contributed by atoms with Gasteiger partial charge >= 0.3 is 0 Å². The number of aryl methyl sites for hydroxylation is 1. The number of benzene rings is 1. The van der Waals surface area contributed by atoms with Crippen LogP contribution in [-0.2, 0) is 24.2 Å². The van der Waals surface area contributed by atoms with Crippen molar-refractivity contribution < 1.29 is 14.1 Å². The molecule has 0 aliphatic carbocycles. The number of amides is 1. The van der Waals surface area contributed by atoms with Crippen molar-refractivity contribution in [2.45, 2.75) is 33.2 Å². The minimum absolute atomic E-state index is 0.115. The predicted octanol–water partition coefficient (Wildman–Crippen LogP) is 2.51. The average Bonchev–Trinajstić information content (AvgIpc) is 2.90. The molecule has 5 nitrogen and oxygen atoms in total. The van der Waals surface area contributed by atoms with Crippen LogP contribution < -0.4 is 4.74 Å². The molecule has 22 heavy (non-hydrogen) atoms. The third kappa shape index (κ3) is 2.98. The first-order valence-electron chi connectivity index (χ1n) is 7.61. The van der Waals surface area contributed by atoms with Gasteiger partial charge in [0.2, 0.25) is 5.91 Å². The second-order valence-electron chi connectivity index (χ2n) is 5.49. The molecule has 0 atom stereocenters. The molecule has 1 amide bonds. The van der Waals surface area contributed by atoms with Gasteiger partial charge in [-0.2, -0.15) is 0 Å². The SMILES string of the molecule is CCOc1ccc(CC(=O)N2CCc3c(C)noc3C2)cc1. The maximum atomic E-state index is 12.4. The molecule has 2 aromatic rings. The van der Waals surface area contributed by atoms with Gasteiger partial charge in [0.05, 0.1) is 25.3 Å². The summed E-state index contributed by atoms with van der Waals surface area (Å²) >= 11 is 0. The van der Waals surface area contributed by atoms with Crippen molar-refractivity contribution in [3.8, 4) is 5.75 Å². The third-order valence-corrected chi connectivity index (χ3v) is 3.97. The van der Waals surface area contributed by atoms with Gasteiger partial charge in [-0.15, -0.1) is 0 Å². The first kappa shape index (κ1) is 14.6. The summed E-state index contributed by atoms with van der Waals surface area (Å²) in [6, 6.07) is 7.69. The summed E-state index contributed by atoms with van der Waals surface area (Å²) in [6.45, 7) is 5.79. The molecule has 1 aliphatic heterocycles. The number of rotatable bonds is 4. The highest BCUT2D eigenvalue weighted by molar-refractivity contribution is 5.79. The molecule has 3 rings (SSSR count). The molecule has 1 aromatic heterocycles. The standard InChI is InChI=1S/C17H20N2O3/c1-3-21-14-6-4-13(5-7-14)10-17(20)19-9-8-15-12(2)18-22-16(15)11-19/h4-7H,3,8-11H2,1-2H3. The fraction of sp³-hybridized carbons (Fsp3) is 0.412. The molecule has 0 unspecified atom stereocenters. The van der Waals surface area contributed by atoms with Gasteiger partial charge in [-0.25, -0.2) is 0 Å². The second kappa shape index (κ2) is 6.22.